The molecule has 1 aliphatic heterocycles. The predicted octanol–water partition coefficient (Wildman–Crippen LogP) is 4.67. The lowest BCUT2D eigenvalue weighted by Gasteiger charge is -2.37. The summed E-state index contributed by atoms with van der Waals surface area (Å²) in [5, 5.41) is 6.66. The molecule has 2 heterocycles. The number of ketones is 1. The molecule has 2 N–H and O–H groups in total. The highest BCUT2D eigenvalue weighted by Crippen LogP contribution is 2.47. The maximum Gasteiger partial charge on any atom is 0.277 e. The molecule has 0 spiro atoms. The summed E-state index contributed by atoms with van der Waals surface area (Å²) >= 11 is 0. The van der Waals surface area contributed by atoms with Crippen LogP contribution in [0, 0.1) is 12.3 Å². The van der Waals surface area contributed by atoms with Crippen molar-refractivity contribution in [1.29, 1.82) is 0 Å². The number of nitrogens with one attached hydrogen (secondary N) is 2. The number of hydrogen-bond acceptors (Lipinski definition) is 3. The van der Waals surface area contributed by atoms with Crippen LogP contribution in [0.15, 0.2) is 70.7 Å². The summed E-state index contributed by atoms with van der Waals surface area (Å²) in [5.41, 5.74) is 4.92. The molecule has 1 aromatic heterocycles. The molecule has 5 heteroatoms. The van der Waals surface area contributed by atoms with Crippen molar-refractivity contribution in [2.45, 2.75) is 39.5 Å². The lowest BCUT2D eigenvalue weighted by atomic mass is 9.69. The highest BCUT2D eigenvalue weighted by atomic mass is 16.1. The lowest BCUT2D eigenvalue weighted by Crippen LogP contribution is -2.35. The van der Waals surface area contributed by atoms with E-state index in [2.05, 4.69) is 24.3 Å². The predicted molar refractivity (Wildman–Crippen MR) is 118 cm³/mol. The molecule has 30 heavy (non-hydrogen) atoms. The third-order valence-electron chi connectivity index (χ3n) is 6.12. The zero-order valence-electron chi connectivity index (χ0n) is 17.5. The van der Waals surface area contributed by atoms with Crippen molar-refractivity contribution in [3.8, 4) is 5.69 Å². The Balaban J connectivity index is 1.74. The third kappa shape index (κ3) is 2.93. The first-order valence-corrected chi connectivity index (χ1v) is 10.3. The number of para-hydroxylation sites is 1. The molecule has 152 valence electrons. The van der Waals surface area contributed by atoms with Gasteiger partial charge in [0.05, 0.1) is 11.3 Å². The van der Waals surface area contributed by atoms with E-state index in [1.54, 1.807) is 4.68 Å². The number of aromatic nitrogens is 2. The van der Waals surface area contributed by atoms with Gasteiger partial charge in [-0.1, -0.05) is 61.9 Å². The number of fused-ring (bicyclic) bond motifs is 1. The fraction of sp³-hybridized carbons (Fsp3) is 0.280. The number of allylic oxidation sites excluding steroid dienone is 2. The number of nitrogens with zero attached hydrogens (tertiary/aromatic N) is 1. The van der Waals surface area contributed by atoms with Gasteiger partial charge in [0.2, 0.25) is 0 Å². The molecule has 0 radical (unpaired) electrons. The van der Waals surface area contributed by atoms with Crippen LogP contribution in [0.1, 0.15) is 49.3 Å². The van der Waals surface area contributed by atoms with Gasteiger partial charge in [0.15, 0.2) is 5.78 Å². The van der Waals surface area contributed by atoms with Crippen LogP contribution in [0.5, 0.6) is 0 Å². The third-order valence-corrected chi connectivity index (χ3v) is 6.12. The quantitative estimate of drug-likeness (QED) is 0.658. The maximum atomic E-state index is 13.5. The van der Waals surface area contributed by atoms with Crippen LogP contribution in [-0.2, 0) is 4.79 Å². The molecule has 0 bridgehead atoms. The Morgan fingerprint density at radius 1 is 0.967 bits per heavy atom. The van der Waals surface area contributed by atoms with E-state index in [1.807, 2.05) is 61.5 Å². The second-order valence-electron chi connectivity index (χ2n) is 9.18. The molecular formula is C25H25N3O2. The van der Waals surface area contributed by atoms with Crippen LogP contribution < -0.4 is 10.9 Å². The molecular weight excluding hydrogens is 374 g/mol. The van der Waals surface area contributed by atoms with Crippen LogP contribution in [0.25, 0.3) is 5.69 Å². The average Bonchev–Trinajstić information content (AvgIpc) is 3.03. The topological polar surface area (TPSA) is 66.9 Å². The summed E-state index contributed by atoms with van der Waals surface area (Å²) in [6.45, 7) is 6.27. The minimum atomic E-state index is -0.367. The molecule has 0 saturated carbocycles. The summed E-state index contributed by atoms with van der Waals surface area (Å²) in [6.07, 6.45) is 1.26. The van der Waals surface area contributed by atoms with E-state index in [0.29, 0.717) is 17.8 Å². The zero-order valence-corrected chi connectivity index (χ0v) is 17.5. The molecule has 1 aliphatic carbocycles. The van der Waals surface area contributed by atoms with Gasteiger partial charge in [0.25, 0.3) is 5.56 Å². The van der Waals surface area contributed by atoms with E-state index in [4.69, 9.17) is 0 Å². The number of benzene rings is 2. The van der Waals surface area contributed by atoms with E-state index in [1.165, 1.54) is 0 Å². The second-order valence-corrected chi connectivity index (χ2v) is 9.18. The van der Waals surface area contributed by atoms with Gasteiger partial charge in [-0.3, -0.25) is 14.7 Å². The normalized spacial score (nSPS) is 19.8. The van der Waals surface area contributed by atoms with Crippen LogP contribution >= 0.6 is 0 Å². The monoisotopic (exact) mass is 399 g/mol. The Morgan fingerprint density at radius 3 is 2.37 bits per heavy atom. The van der Waals surface area contributed by atoms with Crippen molar-refractivity contribution in [3.05, 3.63) is 92.9 Å². The number of H-pyrrole nitrogens is 1. The second kappa shape index (κ2) is 6.59. The van der Waals surface area contributed by atoms with Gasteiger partial charge >= 0.3 is 0 Å². The van der Waals surface area contributed by atoms with Gasteiger partial charge in [0, 0.05) is 23.6 Å². The number of aromatic amines is 1. The first-order chi connectivity index (χ1) is 14.3. The first-order valence-electron chi connectivity index (χ1n) is 10.3. The Bertz CT molecular complexity index is 1230. The molecule has 2 aliphatic rings. The zero-order chi connectivity index (χ0) is 21.0. The van der Waals surface area contributed by atoms with Gasteiger partial charge in [-0.05, 0) is 36.5 Å². The summed E-state index contributed by atoms with van der Waals surface area (Å²) in [5.74, 6) is 0.435. The minimum Gasteiger partial charge on any atom is -0.343 e. The molecule has 1 atom stereocenters. The summed E-state index contributed by atoms with van der Waals surface area (Å²) in [7, 11) is 0. The van der Waals surface area contributed by atoms with E-state index in [-0.39, 0.29) is 22.7 Å². The maximum absolute atomic E-state index is 13.5. The average molecular weight is 399 g/mol. The number of anilines is 1. The summed E-state index contributed by atoms with van der Waals surface area (Å²) < 4.78 is 1.56. The minimum absolute atomic E-state index is 0.111. The molecule has 3 aromatic rings. The van der Waals surface area contributed by atoms with Gasteiger partial charge in [-0.2, -0.15) is 0 Å². The van der Waals surface area contributed by atoms with Crippen LogP contribution in [-0.4, -0.2) is 15.6 Å². The summed E-state index contributed by atoms with van der Waals surface area (Å²) in [4.78, 5) is 26.8. The molecule has 2 aromatic carbocycles. The molecule has 5 rings (SSSR count). The number of carbonyl (C=O) groups excluding carboxylic acids is 1. The number of rotatable bonds is 2. The number of carbonyl (C=O) groups is 1. The molecule has 0 unspecified atom stereocenters. The number of hydrogen-bond donors (Lipinski definition) is 2. The van der Waals surface area contributed by atoms with Crippen LogP contribution in [0.4, 0.5) is 5.82 Å². The van der Waals surface area contributed by atoms with Crippen molar-refractivity contribution in [1.82, 2.24) is 9.78 Å². The van der Waals surface area contributed by atoms with Crippen molar-refractivity contribution in [2.75, 3.05) is 5.32 Å². The molecule has 0 fully saturated rings. The Labute approximate surface area is 175 Å². The Hall–Kier alpha value is -3.34. The van der Waals surface area contributed by atoms with E-state index in [9.17, 15) is 9.59 Å². The SMILES string of the molecule is Cc1ccc([C@H]2C3=C(CC(C)(C)CC3=O)Nc3[nH]n(-c4ccccc4)c(=O)c32)cc1. The van der Waals surface area contributed by atoms with Crippen LogP contribution in [0.3, 0.4) is 0 Å². The number of Topliss-reactive ketones (excluding diaryl/α,β-unsaturated/α-hetero) is 1. The molecule has 0 amide bonds. The van der Waals surface area contributed by atoms with E-state index < -0.39 is 0 Å². The first kappa shape index (κ1) is 18.7. The Morgan fingerprint density at radius 2 is 1.67 bits per heavy atom. The van der Waals surface area contributed by atoms with E-state index >= 15 is 0 Å². The van der Waals surface area contributed by atoms with Crippen LogP contribution in [0.2, 0.25) is 0 Å². The van der Waals surface area contributed by atoms with Crippen molar-refractivity contribution >= 4 is 11.6 Å². The fourth-order valence-electron chi connectivity index (χ4n) is 4.74. The molecule has 0 saturated heterocycles. The van der Waals surface area contributed by atoms with Crippen molar-refractivity contribution in [2.24, 2.45) is 5.41 Å². The Kier molecular flexibility index (Phi) is 4.10. The van der Waals surface area contributed by atoms with Crippen molar-refractivity contribution in [3.63, 3.8) is 0 Å². The van der Waals surface area contributed by atoms with Crippen molar-refractivity contribution < 1.29 is 4.79 Å². The van der Waals surface area contributed by atoms with Gasteiger partial charge < -0.3 is 5.32 Å². The van der Waals surface area contributed by atoms with Gasteiger partial charge in [0.1, 0.15) is 5.82 Å². The highest BCUT2D eigenvalue weighted by Gasteiger charge is 2.42. The highest BCUT2D eigenvalue weighted by molar-refractivity contribution is 6.01. The largest absolute Gasteiger partial charge is 0.343 e. The number of aryl methyl sites for hydroxylation is 1. The standard InChI is InChI=1S/C25H25N3O2/c1-15-9-11-16(12-10-15)20-21-18(13-25(2,3)14-19(21)29)26-23-22(20)24(30)28(27-23)17-7-5-4-6-8-17/h4-12,20,26-27H,13-14H2,1-3H3/t20-/m0/s1. The fourth-order valence-corrected chi connectivity index (χ4v) is 4.74. The molecule has 5 nitrogen and oxygen atoms in total. The summed E-state index contributed by atoms with van der Waals surface area (Å²) in [6, 6.07) is 17.7. The van der Waals surface area contributed by atoms with Gasteiger partial charge in [-0.15, -0.1) is 0 Å². The smallest absolute Gasteiger partial charge is 0.277 e. The van der Waals surface area contributed by atoms with Gasteiger partial charge in [-0.25, -0.2) is 4.68 Å². The lowest BCUT2D eigenvalue weighted by molar-refractivity contribution is -0.118. The van der Waals surface area contributed by atoms with E-state index in [0.717, 1.165) is 34.5 Å².